The first-order chi connectivity index (χ1) is 9.69. The summed E-state index contributed by atoms with van der Waals surface area (Å²) in [6.45, 7) is 5.91. The normalized spacial score (nSPS) is 9.60. The molecule has 0 fully saturated rings. The minimum Gasteiger partial charge on any atom is -0.294 e. The molecule has 0 aliphatic carbocycles. The molecule has 0 atom stereocenters. The third kappa shape index (κ3) is 4.82. The van der Waals surface area contributed by atoms with Gasteiger partial charge in [-0.1, -0.05) is 26.0 Å². The summed E-state index contributed by atoms with van der Waals surface area (Å²) in [5.74, 6) is 0.111. The van der Waals surface area contributed by atoms with Gasteiger partial charge in [-0.3, -0.25) is 9.78 Å². The van der Waals surface area contributed by atoms with E-state index in [1.54, 1.807) is 18.0 Å². The van der Waals surface area contributed by atoms with Gasteiger partial charge >= 0.3 is 0 Å². The highest BCUT2D eigenvalue weighted by Gasteiger charge is 2.07. The highest BCUT2D eigenvalue weighted by Crippen LogP contribution is 2.16. The summed E-state index contributed by atoms with van der Waals surface area (Å²) < 4.78 is 0. The molecule has 0 radical (unpaired) electrons. The lowest BCUT2D eigenvalue weighted by Gasteiger charge is -2.03. The molecule has 0 saturated heterocycles. The number of hydrogen-bond acceptors (Lipinski definition) is 3. The number of ketones is 1. The molecule has 3 heteroatoms. The Morgan fingerprint density at radius 1 is 1.10 bits per heavy atom. The highest BCUT2D eigenvalue weighted by molar-refractivity contribution is 7.98. The number of benzene rings is 1. The van der Waals surface area contributed by atoms with E-state index < -0.39 is 0 Å². The van der Waals surface area contributed by atoms with Crippen molar-refractivity contribution < 1.29 is 4.79 Å². The van der Waals surface area contributed by atoms with Crippen LogP contribution in [-0.4, -0.2) is 17.0 Å². The van der Waals surface area contributed by atoms with Crippen LogP contribution in [0.3, 0.4) is 0 Å². The summed E-state index contributed by atoms with van der Waals surface area (Å²) >= 11 is 1.70. The van der Waals surface area contributed by atoms with E-state index in [1.165, 1.54) is 4.90 Å². The number of hydrogen-bond donors (Lipinski definition) is 0. The number of carbonyl (C=O) groups is 1. The summed E-state index contributed by atoms with van der Waals surface area (Å²) in [4.78, 5) is 17.4. The first kappa shape index (κ1) is 16.4. The topological polar surface area (TPSA) is 30.0 Å². The molecule has 0 unspecified atom stereocenters. The van der Waals surface area contributed by atoms with E-state index in [0.717, 1.165) is 11.3 Å². The lowest BCUT2D eigenvalue weighted by atomic mass is 10.0. The van der Waals surface area contributed by atoms with E-state index in [0.29, 0.717) is 12.0 Å². The van der Waals surface area contributed by atoms with E-state index in [1.807, 2.05) is 63.4 Å². The SMILES string of the molecule is CC.CSc1ccc(CC(=O)c2ccc(C)nc2)cc1. The Hall–Kier alpha value is -1.61. The van der Waals surface area contributed by atoms with Crippen molar-refractivity contribution in [2.75, 3.05) is 6.26 Å². The lowest BCUT2D eigenvalue weighted by Crippen LogP contribution is -2.04. The number of carbonyl (C=O) groups excluding carboxylic acids is 1. The monoisotopic (exact) mass is 287 g/mol. The zero-order valence-corrected chi connectivity index (χ0v) is 13.3. The Morgan fingerprint density at radius 2 is 1.75 bits per heavy atom. The van der Waals surface area contributed by atoms with Crippen LogP contribution < -0.4 is 0 Å². The zero-order chi connectivity index (χ0) is 15.0. The molecular weight excluding hydrogens is 266 g/mol. The summed E-state index contributed by atoms with van der Waals surface area (Å²) in [5, 5.41) is 0. The van der Waals surface area contributed by atoms with Crippen molar-refractivity contribution in [3.05, 3.63) is 59.4 Å². The molecule has 20 heavy (non-hydrogen) atoms. The lowest BCUT2D eigenvalue weighted by molar-refractivity contribution is 0.0992. The van der Waals surface area contributed by atoms with Gasteiger partial charge in [0.15, 0.2) is 5.78 Å². The van der Waals surface area contributed by atoms with Gasteiger partial charge in [-0.2, -0.15) is 0 Å². The van der Waals surface area contributed by atoms with Crippen molar-refractivity contribution >= 4 is 17.5 Å². The van der Waals surface area contributed by atoms with Gasteiger partial charge in [0.1, 0.15) is 0 Å². The number of aryl methyl sites for hydroxylation is 1. The maximum absolute atomic E-state index is 12.0. The van der Waals surface area contributed by atoms with Crippen LogP contribution in [0, 0.1) is 6.92 Å². The number of nitrogens with zero attached hydrogens (tertiary/aromatic N) is 1. The van der Waals surface area contributed by atoms with Crippen LogP contribution in [-0.2, 0) is 6.42 Å². The van der Waals surface area contributed by atoms with Gasteiger partial charge in [-0.15, -0.1) is 11.8 Å². The first-order valence-corrected chi connectivity index (χ1v) is 8.00. The van der Waals surface area contributed by atoms with E-state index in [4.69, 9.17) is 0 Å². The fourth-order valence-corrected chi connectivity index (χ4v) is 2.07. The largest absolute Gasteiger partial charge is 0.294 e. The molecule has 2 nitrogen and oxygen atoms in total. The molecule has 0 amide bonds. The Bertz CT molecular complexity index is 532. The third-order valence-corrected chi connectivity index (χ3v) is 3.50. The molecule has 0 aliphatic rings. The smallest absolute Gasteiger partial charge is 0.168 e. The number of Topliss-reactive ketones (excluding diaryl/α,β-unsaturated/α-hetero) is 1. The Labute approximate surface area is 125 Å². The Balaban J connectivity index is 0.000000956. The molecule has 0 aliphatic heterocycles. The first-order valence-electron chi connectivity index (χ1n) is 6.78. The minimum absolute atomic E-state index is 0.111. The van der Waals surface area contributed by atoms with Crippen LogP contribution in [0.4, 0.5) is 0 Å². The van der Waals surface area contributed by atoms with E-state index >= 15 is 0 Å². The molecule has 0 N–H and O–H groups in total. The maximum atomic E-state index is 12.0. The maximum Gasteiger partial charge on any atom is 0.168 e. The molecule has 1 heterocycles. The highest BCUT2D eigenvalue weighted by atomic mass is 32.2. The molecular formula is C17H21NOS. The zero-order valence-electron chi connectivity index (χ0n) is 12.5. The van der Waals surface area contributed by atoms with Crippen LogP contribution in [0.25, 0.3) is 0 Å². The van der Waals surface area contributed by atoms with Crippen LogP contribution in [0.5, 0.6) is 0 Å². The van der Waals surface area contributed by atoms with Crippen LogP contribution >= 0.6 is 11.8 Å². The van der Waals surface area contributed by atoms with Gasteiger partial charge in [-0.25, -0.2) is 0 Å². The Kier molecular flexibility index (Phi) is 7.02. The molecule has 0 spiro atoms. The van der Waals surface area contributed by atoms with Crippen LogP contribution in [0.2, 0.25) is 0 Å². The molecule has 2 rings (SSSR count). The molecule has 1 aromatic carbocycles. The third-order valence-electron chi connectivity index (χ3n) is 2.76. The molecule has 106 valence electrons. The van der Waals surface area contributed by atoms with E-state index in [9.17, 15) is 4.79 Å². The second-order valence-electron chi connectivity index (χ2n) is 4.14. The number of rotatable bonds is 4. The number of aromatic nitrogens is 1. The summed E-state index contributed by atoms with van der Waals surface area (Å²) in [6.07, 6.45) is 4.12. The number of pyridine rings is 1. The molecule has 0 bridgehead atoms. The van der Waals surface area contributed by atoms with Crippen molar-refractivity contribution in [1.82, 2.24) is 4.98 Å². The minimum atomic E-state index is 0.111. The van der Waals surface area contributed by atoms with Gasteiger partial charge in [-0.05, 0) is 43.0 Å². The predicted octanol–water partition coefficient (Wildman–Crippen LogP) is 4.56. The fourth-order valence-electron chi connectivity index (χ4n) is 1.66. The van der Waals surface area contributed by atoms with Crippen LogP contribution in [0.1, 0.15) is 35.5 Å². The van der Waals surface area contributed by atoms with Gasteiger partial charge < -0.3 is 0 Å². The van der Waals surface area contributed by atoms with Gasteiger partial charge in [0, 0.05) is 28.8 Å². The van der Waals surface area contributed by atoms with Crippen molar-refractivity contribution in [2.24, 2.45) is 0 Å². The fraction of sp³-hybridized carbons (Fsp3) is 0.294. The van der Waals surface area contributed by atoms with Gasteiger partial charge in [0.05, 0.1) is 0 Å². The second kappa shape index (κ2) is 8.54. The predicted molar refractivity (Wildman–Crippen MR) is 86.6 cm³/mol. The van der Waals surface area contributed by atoms with E-state index in [2.05, 4.69) is 4.98 Å². The van der Waals surface area contributed by atoms with Gasteiger partial charge in [0.25, 0.3) is 0 Å². The average Bonchev–Trinajstić information content (AvgIpc) is 2.50. The average molecular weight is 287 g/mol. The summed E-state index contributed by atoms with van der Waals surface area (Å²) in [6, 6.07) is 11.8. The molecule has 1 aromatic heterocycles. The summed E-state index contributed by atoms with van der Waals surface area (Å²) in [7, 11) is 0. The van der Waals surface area contributed by atoms with Crippen molar-refractivity contribution in [2.45, 2.75) is 32.1 Å². The quantitative estimate of drug-likeness (QED) is 0.610. The van der Waals surface area contributed by atoms with Crippen molar-refractivity contribution in [3.8, 4) is 0 Å². The number of thioether (sulfide) groups is 1. The summed E-state index contributed by atoms with van der Waals surface area (Å²) in [5.41, 5.74) is 2.64. The Morgan fingerprint density at radius 3 is 2.25 bits per heavy atom. The standard InChI is InChI=1S/C15H15NOS.C2H6/c1-11-3-6-13(10-16-11)15(17)9-12-4-7-14(18-2)8-5-12;1-2/h3-8,10H,9H2,1-2H3;1-2H3. The second-order valence-corrected chi connectivity index (χ2v) is 5.02. The molecule has 2 aromatic rings. The molecule has 0 saturated carbocycles. The van der Waals surface area contributed by atoms with Crippen molar-refractivity contribution in [1.29, 1.82) is 0 Å². The van der Waals surface area contributed by atoms with E-state index in [-0.39, 0.29) is 5.78 Å². The van der Waals surface area contributed by atoms with Crippen molar-refractivity contribution in [3.63, 3.8) is 0 Å². The van der Waals surface area contributed by atoms with Gasteiger partial charge in [0.2, 0.25) is 0 Å². The van der Waals surface area contributed by atoms with Crippen LogP contribution in [0.15, 0.2) is 47.5 Å².